The van der Waals surface area contributed by atoms with Crippen molar-refractivity contribution in [3.63, 3.8) is 0 Å². The average Bonchev–Trinajstić information content (AvgIpc) is 2.92. The molecule has 2 aromatic carbocycles. The molecule has 0 aliphatic heterocycles. The van der Waals surface area contributed by atoms with E-state index in [1.807, 2.05) is 27.7 Å². The van der Waals surface area contributed by atoms with Crippen molar-refractivity contribution in [2.24, 2.45) is 0 Å². The summed E-state index contributed by atoms with van der Waals surface area (Å²) in [5.41, 5.74) is 1.85. The van der Waals surface area contributed by atoms with Crippen molar-refractivity contribution in [2.75, 3.05) is 13.1 Å². The van der Waals surface area contributed by atoms with Gasteiger partial charge >= 0.3 is 0 Å². The van der Waals surface area contributed by atoms with Crippen molar-refractivity contribution < 1.29 is 26.4 Å². The summed E-state index contributed by atoms with van der Waals surface area (Å²) in [5.74, 6) is -0.835. The molecule has 222 valence electrons. The van der Waals surface area contributed by atoms with Gasteiger partial charge in [-0.1, -0.05) is 74.9 Å². The van der Waals surface area contributed by atoms with Crippen LogP contribution in [0.2, 0.25) is 0 Å². The van der Waals surface area contributed by atoms with E-state index in [-0.39, 0.29) is 35.7 Å². The largest absolute Gasteiger partial charge is 0.274 e. The van der Waals surface area contributed by atoms with Crippen LogP contribution in [0.25, 0.3) is 0 Å². The van der Waals surface area contributed by atoms with Gasteiger partial charge in [0.2, 0.25) is 11.8 Å². The van der Waals surface area contributed by atoms with Gasteiger partial charge in [-0.2, -0.15) is 0 Å². The molecule has 40 heavy (non-hydrogen) atoms. The van der Waals surface area contributed by atoms with Crippen LogP contribution in [0.4, 0.5) is 0 Å². The number of nitrogens with zero attached hydrogens (tertiary/aromatic N) is 2. The van der Waals surface area contributed by atoms with Crippen molar-refractivity contribution in [2.45, 2.75) is 102 Å². The van der Waals surface area contributed by atoms with Gasteiger partial charge in [-0.25, -0.2) is 25.4 Å². The lowest BCUT2D eigenvalue weighted by Crippen LogP contribution is -2.38. The molecule has 0 N–H and O–H groups in total. The summed E-state index contributed by atoms with van der Waals surface area (Å²) in [5, 5.41) is 0. The van der Waals surface area contributed by atoms with Crippen LogP contribution in [0.5, 0.6) is 0 Å². The molecule has 0 aromatic heterocycles. The molecule has 2 amide bonds. The highest BCUT2D eigenvalue weighted by Crippen LogP contribution is 2.21. The topological polar surface area (TPSA) is 109 Å². The van der Waals surface area contributed by atoms with Crippen molar-refractivity contribution in [3.05, 3.63) is 59.7 Å². The number of rotatable bonds is 17. The zero-order chi connectivity index (χ0) is 29.8. The van der Waals surface area contributed by atoms with Gasteiger partial charge in [0.05, 0.1) is 9.79 Å². The molecule has 8 nitrogen and oxygen atoms in total. The molecule has 0 unspecified atom stereocenters. The van der Waals surface area contributed by atoms with Crippen molar-refractivity contribution in [1.29, 1.82) is 0 Å². The molecule has 0 fully saturated rings. The second-order valence-electron chi connectivity index (χ2n) is 10.2. The van der Waals surface area contributed by atoms with Crippen molar-refractivity contribution in [1.82, 2.24) is 8.61 Å². The van der Waals surface area contributed by atoms with E-state index < -0.39 is 31.9 Å². The molecule has 0 radical (unpaired) electrons. The third-order valence-electron chi connectivity index (χ3n) is 6.74. The van der Waals surface area contributed by atoms with Gasteiger partial charge in [0, 0.05) is 25.9 Å². The Kier molecular flexibility index (Phi) is 13.3. The van der Waals surface area contributed by atoms with E-state index >= 15 is 0 Å². The molecule has 0 spiro atoms. The summed E-state index contributed by atoms with van der Waals surface area (Å²) >= 11 is 0. The van der Waals surface area contributed by atoms with E-state index in [2.05, 4.69) is 0 Å². The molecule has 2 aromatic rings. The van der Waals surface area contributed by atoms with E-state index in [1.165, 1.54) is 24.3 Å². The maximum Gasteiger partial charge on any atom is 0.266 e. The highest BCUT2D eigenvalue weighted by atomic mass is 32.2. The summed E-state index contributed by atoms with van der Waals surface area (Å²) in [4.78, 5) is 25.9. The van der Waals surface area contributed by atoms with Crippen molar-refractivity contribution in [3.8, 4) is 0 Å². The number of benzene rings is 2. The number of carbonyl (C=O) groups excluding carboxylic acids is 2. The maximum atomic E-state index is 13.3. The lowest BCUT2D eigenvalue weighted by Gasteiger charge is -2.24. The number of amides is 2. The number of hydrogen-bond acceptors (Lipinski definition) is 6. The Morgan fingerprint density at radius 2 is 0.875 bits per heavy atom. The van der Waals surface area contributed by atoms with Crippen LogP contribution in [-0.2, 0) is 29.6 Å². The molecule has 0 aliphatic rings. The summed E-state index contributed by atoms with van der Waals surface area (Å²) < 4.78 is 55.1. The maximum absolute atomic E-state index is 13.3. The van der Waals surface area contributed by atoms with Crippen LogP contribution in [0, 0.1) is 13.8 Å². The summed E-state index contributed by atoms with van der Waals surface area (Å²) in [6.07, 6.45) is 5.15. The fourth-order valence-electron chi connectivity index (χ4n) is 4.20. The number of aryl methyl sites for hydroxylation is 2. The first-order valence-electron chi connectivity index (χ1n) is 14.2. The zero-order valence-corrected chi connectivity index (χ0v) is 25.9. The first-order valence-corrected chi connectivity index (χ1v) is 17.1. The van der Waals surface area contributed by atoms with Gasteiger partial charge in [0.1, 0.15) is 0 Å². The number of unbranched alkanes of at least 4 members (excludes halogenated alkanes) is 5. The van der Waals surface area contributed by atoms with Crippen LogP contribution in [-0.4, -0.2) is 50.3 Å². The second kappa shape index (κ2) is 15.9. The fourth-order valence-corrected chi connectivity index (χ4v) is 7.13. The smallest absolute Gasteiger partial charge is 0.266 e. The highest BCUT2D eigenvalue weighted by molar-refractivity contribution is 7.90. The first kappa shape index (κ1) is 33.5. The number of hydrogen-bond donors (Lipinski definition) is 0. The Bertz CT molecular complexity index is 1200. The van der Waals surface area contributed by atoms with Gasteiger partial charge in [-0.15, -0.1) is 0 Å². The molecule has 0 bridgehead atoms. The summed E-state index contributed by atoms with van der Waals surface area (Å²) in [7, 11) is -7.95. The van der Waals surface area contributed by atoms with Crippen LogP contribution in [0.15, 0.2) is 58.3 Å². The molecule has 0 heterocycles. The molecule has 0 saturated carbocycles. The van der Waals surface area contributed by atoms with Crippen molar-refractivity contribution >= 4 is 31.9 Å². The van der Waals surface area contributed by atoms with Crippen LogP contribution in [0.1, 0.15) is 89.2 Å². The number of carbonyl (C=O) groups is 2. The Morgan fingerprint density at radius 1 is 0.550 bits per heavy atom. The minimum absolute atomic E-state index is 0.0551. The van der Waals surface area contributed by atoms with Gasteiger partial charge in [-0.05, 0) is 63.8 Å². The SMILES string of the molecule is CCCCC(=O)N(CCCCCCN(C(=O)CCCC)S(=O)(=O)c1ccc(C)cc1)S(=O)(=O)c1ccc(C)cc1. The van der Waals surface area contributed by atoms with E-state index in [0.717, 1.165) is 32.6 Å². The molecule has 0 aliphatic carbocycles. The fraction of sp³-hybridized carbons (Fsp3) is 0.533. The lowest BCUT2D eigenvalue weighted by atomic mass is 10.2. The van der Waals surface area contributed by atoms with Gasteiger partial charge in [0.15, 0.2) is 0 Å². The van der Waals surface area contributed by atoms with Gasteiger partial charge in [-0.3, -0.25) is 9.59 Å². The van der Waals surface area contributed by atoms with E-state index in [1.54, 1.807) is 24.3 Å². The zero-order valence-electron chi connectivity index (χ0n) is 24.3. The lowest BCUT2D eigenvalue weighted by molar-refractivity contribution is -0.127. The van der Waals surface area contributed by atoms with E-state index in [0.29, 0.717) is 38.5 Å². The Hall–Kier alpha value is -2.72. The molecule has 10 heteroatoms. The molecular formula is C30H44N2O6S2. The minimum atomic E-state index is -3.98. The van der Waals surface area contributed by atoms with E-state index in [4.69, 9.17) is 0 Å². The summed E-state index contributed by atoms with van der Waals surface area (Å²) in [6, 6.07) is 12.9. The molecule has 2 rings (SSSR count). The summed E-state index contributed by atoms with van der Waals surface area (Å²) in [6.45, 7) is 7.73. The number of sulfonamides is 2. The third kappa shape index (κ3) is 9.44. The van der Waals surface area contributed by atoms with Crippen LogP contribution >= 0.6 is 0 Å². The first-order chi connectivity index (χ1) is 18.9. The minimum Gasteiger partial charge on any atom is -0.274 e. The quantitative estimate of drug-likeness (QED) is 0.209. The average molecular weight is 593 g/mol. The standard InChI is InChI=1S/C30H44N2O6S2/c1-5-7-13-29(33)31(39(35,36)27-19-15-25(3)16-20-27)23-11-9-10-12-24-32(30(34)14-8-6-2)40(37,38)28-21-17-26(4)18-22-28/h15-22H,5-14,23-24H2,1-4H3. The Balaban J connectivity index is 2.05. The molecule has 0 saturated heterocycles. The van der Waals surface area contributed by atoms with E-state index in [9.17, 15) is 26.4 Å². The van der Waals surface area contributed by atoms with Gasteiger partial charge in [0.25, 0.3) is 20.0 Å². The molecule has 0 atom stereocenters. The third-order valence-corrected chi connectivity index (χ3v) is 10.4. The Labute approximate surface area is 240 Å². The normalized spacial score (nSPS) is 11.8. The van der Waals surface area contributed by atoms with Gasteiger partial charge < -0.3 is 0 Å². The highest BCUT2D eigenvalue weighted by Gasteiger charge is 2.30. The Morgan fingerprint density at radius 3 is 1.18 bits per heavy atom. The predicted octanol–water partition coefficient (Wildman–Crippen LogP) is 5.98. The molecular weight excluding hydrogens is 548 g/mol. The van der Waals surface area contributed by atoms with Crippen LogP contribution < -0.4 is 0 Å². The second-order valence-corrected chi connectivity index (χ2v) is 13.9. The monoisotopic (exact) mass is 592 g/mol. The predicted molar refractivity (Wildman–Crippen MR) is 158 cm³/mol. The van der Waals surface area contributed by atoms with Crippen LogP contribution in [0.3, 0.4) is 0 Å².